The number of carboxylic acid groups (broad SMARTS) is 2. The van der Waals surface area contributed by atoms with Crippen LogP contribution in [0.4, 0.5) is 18.9 Å². The van der Waals surface area contributed by atoms with Crippen molar-refractivity contribution in [3.63, 3.8) is 0 Å². The normalized spacial score (nSPS) is 11.0. The quantitative estimate of drug-likeness (QED) is 0.230. The van der Waals surface area contributed by atoms with Crippen molar-refractivity contribution in [2.45, 2.75) is 17.5 Å². The minimum Gasteiger partial charge on any atom is -0.478 e. The number of carboxylic acids is 2. The number of hydrogen-bond donors (Lipinski definition) is 6. The predicted molar refractivity (Wildman–Crippen MR) is 113 cm³/mol. The molecule has 2 rings (SSSR count). The van der Waals surface area contributed by atoms with Crippen LogP contribution in [-0.4, -0.2) is 55.0 Å². The predicted octanol–water partition coefficient (Wildman–Crippen LogP) is 1.61. The van der Waals surface area contributed by atoms with Gasteiger partial charge in [0.1, 0.15) is 5.84 Å². The summed E-state index contributed by atoms with van der Waals surface area (Å²) in [5.41, 5.74) is 5.95. The molecule has 15 heteroatoms. The van der Waals surface area contributed by atoms with Crippen molar-refractivity contribution in [3.8, 4) is 0 Å². The van der Waals surface area contributed by atoms with Gasteiger partial charge in [0.2, 0.25) is 15.9 Å². The molecule has 0 aliphatic heterocycles. The SMILES string of the molecule is N=C(N)c1cccc(S(=O)(=O)NCCC(=O)Nc2cccc(C(=O)O)c2)c1.O=C(O)C(F)(F)F. The van der Waals surface area contributed by atoms with Crippen LogP contribution in [-0.2, 0) is 19.6 Å². The van der Waals surface area contributed by atoms with Crippen molar-refractivity contribution in [2.75, 3.05) is 11.9 Å². The first-order valence-electron chi connectivity index (χ1n) is 9.01. The Hall–Kier alpha value is -3.98. The third-order valence-corrected chi connectivity index (χ3v) is 5.19. The van der Waals surface area contributed by atoms with Gasteiger partial charge in [-0.1, -0.05) is 18.2 Å². The van der Waals surface area contributed by atoms with E-state index in [1.807, 2.05) is 0 Å². The number of carbonyl (C=O) groups excluding carboxylic acids is 1. The summed E-state index contributed by atoms with van der Waals surface area (Å²) in [4.78, 5) is 31.7. The lowest BCUT2D eigenvalue weighted by Gasteiger charge is -2.09. The van der Waals surface area contributed by atoms with Crippen molar-refractivity contribution in [3.05, 3.63) is 59.7 Å². The molecule has 11 nitrogen and oxygen atoms in total. The highest BCUT2D eigenvalue weighted by molar-refractivity contribution is 7.89. The number of nitrogens with two attached hydrogens (primary N) is 1. The molecule has 0 aliphatic carbocycles. The van der Waals surface area contributed by atoms with Gasteiger partial charge in [-0.25, -0.2) is 22.7 Å². The second kappa shape index (κ2) is 11.8. The lowest BCUT2D eigenvalue weighted by Crippen LogP contribution is -2.28. The maximum Gasteiger partial charge on any atom is 0.490 e. The first-order valence-corrected chi connectivity index (χ1v) is 10.5. The van der Waals surface area contributed by atoms with Gasteiger partial charge >= 0.3 is 18.1 Å². The van der Waals surface area contributed by atoms with Crippen molar-refractivity contribution in [1.29, 1.82) is 5.41 Å². The molecule has 0 atom stereocenters. The summed E-state index contributed by atoms with van der Waals surface area (Å²) >= 11 is 0. The molecule has 7 N–H and O–H groups in total. The zero-order valence-electron chi connectivity index (χ0n) is 17.1. The summed E-state index contributed by atoms with van der Waals surface area (Å²) < 4.78 is 58.5. The second-order valence-corrected chi connectivity index (χ2v) is 8.09. The van der Waals surface area contributed by atoms with E-state index in [1.165, 1.54) is 48.5 Å². The minimum absolute atomic E-state index is 0.0267. The Bertz CT molecular complexity index is 1180. The fourth-order valence-corrected chi connectivity index (χ4v) is 3.24. The molecule has 0 heterocycles. The topological polar surface area (TPSA) is 200 Å². The van der Waals surface area contributed by atoms with Gasteiger partial charge in [0.05, 0.1) is 10.5 Å². The van der Waals surface area contributed by atoms with Crippen LogP contribution in [0.25, 0.3) is 0 Å². The number of hydrogen-bond acceptors (Lipinski definition) is 6. The molecule has 1 amide bonds. The molecule has 0 unspecified atom stereocenters. The van der Waals surface area contributed by atoms with Gasteiger partial charge < -0.3 is 21.3 Å². The highest BCUT2D eigenvalue weighted by Gasteiger charge is 2.38. The lowest BCUT2D eigenvalue weighted by atomic mass is 10.2. The van der Waals surface area contributed by atoms with Crippen LogP contribution in [0.1, 0.15) is 22.3 Å². The Kier molecular flexibility index (Phi) is 9.70. The van der Waals surface area contributed by atoms with Gasteiger partial charge in [0.15, 0.2) is 0 Å². The number of rotatable bonds is 8. The van der Waals surface area contributed by atoms with Crippen LogP contribution in [0.5, 0.6) is 0 Å². The number of benzene rings is 2. The van der Waals surface area contributed by atoms with E-state index < -0.39 is 34.0 Å². The van der Waals surface area contributed by atoms with E-state index in [4.69, 9.17) is 26.2 Å². The Labute approximate surface area is 191 Å². The zero-order chi connectivity index (χ0) is 26.1. The highest BCUT2D eigenvalue weighted by Crippen LogP contribution is 2.14. The summed E-state index contributed by atoms with van der Waals surface area (Å²) in [5.74, 6) is -4.60. The summed E-state index contributed by atoms with van der Waals surface area (Å²) in [5, 5.41) is 25.9. The standard InChI is InChI=1S/C17H18N4O5S.C2HF3O2/c18-16(19)11-3-2-6-14(10-11)27(25,26)20-8-7-15(22)21-13-5-1-4-12(9-13)17(23)24;3-2(4,5)1(6)7/h1-6,9-10,20H,7-8H2,(H3,18,19)(H,21,22)(H,23,24);(H,6,7). The number of halogens is 3. The van der Waals surface area contributed by atoms with E-state index >= 15 is 0 Å². The molecule has 34 heavy (non-hydrogen) atoms. The maximum absolute atomic E-state index is 12.2. The molecule has 2 aromatic carbocycles. The van der Waals surface area contributed by atoms with E-state index in [9.17, 15) is 31.2 Å². The summed E-state index contributed by atoms with van der Waals surface area (Å²) in [6, 6.07) is 11.3. The Morgan fingerprint density at radius 2 is 1.56 bits per heavy atom. The third-order valence-electron chi connectivity index (χ3n) is 3.74. The monoisotopic (exact) mass is 504 g/mol. The fourth-order valence-electron chi connectivity index (χ4n) is 2.17. The number of amidine groups is 1. The molecule has 184 valence electrons. The number of carbonyl (C=O) groups is 3. The average Bonchev–Trinajstić information content (AvgIpc) is 2.73. The Morgan fingerprint density at radius 3 is 2.09 bits per heavy atom. The average molecular weight is 504 g/mol. The maximum atomic E-state index is 12.2. The van der Waals surface area contributed by atoms with Gasteiger partial charge in [0.25, 0.3) is 0 Å². The Balaban J connectivity index is 0.000000718. The Morgan fingerprint density at radius 1 is 1.00 bits per heavy atom. The smallest absolute Gasteiger partial charge is 0.478 e. The van der Waals surface area contributed by atoms with E-state index in [0.29, 0.717) is 5.69 Å². The van der Waals surface area contributed by atoms with Crippen LogP contribution in [0.15, 0.2) is 53.4 Å². The van der Waals surface area contributed by atoms with Gasteiger partial charge in [-0.2, -0.15) is 13.2 Å². The van der Waals surface area contributed by atoms with Gasteiger partial charge in [-0.3, -0.25) is 10.2 Å². The molecule has 0 radical (unpaired) electrons. The largest absolute Gasteiger partial charge is 0.490 e. The molecule has 0 aromatic heterocycles. The van der Waals surface area contributed by atoms with Crippen molar-refractivity contribution < 1.29 is 46.2 Å². The number of aliphatic carboxylic acids is 1. The number of alkyl halides is 3. The van der Waals surface area contributed by atoms with Crippen molar-refractivity contribution >= 4 is 39.4 Å². The molecule has 0 spiro atoms. The summed E-state index contributed by atoms with van der Waals surface area (Å²) in [6.07, 6.45) is -5.23. The third kappa shape index (κ3) is 9.25. The molecule has 0 saturated heterocycles. The number of anilines is 1. The highest BCUT2D eigenvalue weighted by atomic mass is 32.2. The lowest BCUT2D eigenvalue weighted by molar-refractivity contribution is -0.192. The first kappa shape index (κ1) is 28.1. The molecule has 0 saturated carbocycles. The summed E-state index contributed by atoms with van der Waals surface area (Å²) in [6.45, 7) is -0.156. The van der Waals surface area contributed by atoms with Crippen LogP contribution in [0, 0.1) is 5.41 Å². The minimum atomic E-state index is -5.08. The van der Waals surface area contributed by atoms with Crippen LogP contribution in [0.3, 0.4) is 0 Å². The zero-order valence-corrected chi connectivity index (χ0v) is 17.9. The van der Waals surface area contributed by atoms with E-state index in [2.05, 4.69) is 10.0 Å². The fraction of sp³-hybridized carbons (Fsp3) is 0.158. The number of aromatic carboxylic acids is 1. The molecule has 2 aromatic rings. The van der Waals surface area contributed by atoms with E-state index in [0.717, 1.165) is 0 Å². The van der Waals surface area contributed by atoms with Gasteiger partial charge in [-0.05, 0) is 30.3 Å². The van der Waals surface area contributed by atoms with E-state index in [1.54, 1.807) is 0 Å². The van der Waals surface area contributed by atoms with Crippen LogP contribution in [0.2, 0.25) is 0 Å². The van der Waals surface area contributed by atoms with Crippen molar-refractivity contribution in [1.82, 2.24) is 4.72 Å². The van der Waals surface area contributed by atoms with Crippen LogP contribution < -0.4 is 15.8 Å². The van der Waals surface area contributed by atoms with Gasteiger partial charge in [0, 0.05) is 24.2 Å². The molecule has 0 fully saturated rings. The number of nitrogen functional groups attached to an aromatic ring is 1. The first-order chi connectivity index (χ1) is 15.6. The molecular formula is C19H19F3N4O7S. The molecule has 0 bridgehead atoms. The van der Waals surface area contributed by atoms with Crippen molar-refractivity contribution in [2.24, 2.45) is 5.73 Å². The summed E-state index contributed by atoms with van der Waals surface area (Å²) in [7, 11) is -3.86. The second-order valence-electron chi connectivity index (χ2n) is 6.33. The van der Waals surface area contributed by atoms with E-state index in [-0.39, 0.29) is 34.8 Å². The number of sulfonamides is 1. The molecule has 0 aliphatic rings. The number of nitrogens with one attached hydrogen (secondary N) is 3. The van der Waals surface area contributed by atoms with Gasteiger partial charge in [-0.15, -0.1) is 0 Å². The molecular weight excluding hydrogens is 485 g/mol. The number of amides is 1. The van der Waals surface area contributed by atoms with Crippen LogP contribution >= 0.6 is 0 Å².